The summed E-state index contributed by atoms with van der Waals surface area (Å²) < 4.78 is 2.17. The summed E-state index contributed by atoms with van der Waals surface area (Å²) in [6.07, 6.45) is -0.206. The van der Waals surface area contributed by atoms with Gasteiger partial charge in [0, 0.05) is 12.1 Å². The van der Waals surface area contributed by atoms with Crippen LogP contribution in [0.4, 0.5) is 5.69 Å². The van der Waals surface area contributed by atoms with Crippen LogP contribution < -0.4 is 10.4 Å². The molecule has 148 valence electrons. The van der Waals surface area contributed by atoms with Crippen molar-refractivity contribution in [2.24, 2.45) is 0 Å². The van der Waals surface area contributed by atoms with Crippen LogP contribution >= 0.6 is 0 Å². The quantitative estimate of drug-likeness (QED) is 0.274. The van der Waals surface area contributed by atoms with Crippen LogP contribution in [-0.4, -0.2) is 17.9 Å². The maximum absolute atomic E-state index is 11.0. The van der Waals surface area contributed by atoms with Gasteiger partial charge in [0.15, 0.2) is 6.23 Å². The van der Waals surface area contributed by atoms with Crippen LogP contribution in [0.25, 0.3) is 0 Å². The Morgan fingerprint density at radius 1 is 0.862 bits per heavy atom. The highest BCUT2D eigenvalue weighted by atomic mass is 28.3. The second-order valence-electron chi connectivity index (χ2n) is 8.32. The van der Waals surface area contributed by atoms with Gasteiger partial charge in [0.2, 0.25) is 8.24 Å². The molecule has 1 aliphatic rings. The first-order chi connectivity index (χ1) is 13.9. The Balaban J connectivity index is 1.83. The molecule has 0 bridgehead atoms. The van der Waals surface area contributed by atoms with Gasteiger partial charge in [-0.05, 0) is 33.1 Å². The molecule has 1 aliphatic heterocycles. The molecule has 0 N–H and O–H groups in total. The molecule has 0 aromatic heterocycles. The maximum atomic E-state index is 11.0. The third-order valence-electron chi connectivity index (χ3n) is 5.57. The lowest BCUT2D eigenvalue weighted by Gasteiger charge is -2.43. The minimum Gasteiger partial charge on any atom is -0.277 e. The second kappa shape index (κ2) is 7.22. The summed E-state index contributed by atoms with van der Waals surface area (Å²) in [6.45, 7) is 6.81. The van der Waals surface area contributed by atoms with Gasteiger partial charge in [-0.3, -0.25) is 15.0 Å². The van der Waals surface area contributed by atoms with Crippen LogP contribution in [-0.2, 0) is 4.84 Å². The number of benzene rings is 3. The smallest absolute Gasteiger partial charge is 0.269 e. The van der Waals surface area contributed by atoms with E-state index in [9.17, 15) is 10.1 Å². The summed E-state index contributed by atoms with van der Waals surface area (Å²) >= 11 is 0. The van der Waals surface area contributed by atoms with Crippen molar-refractivity contribution in [1.29, 1.82) is 0 Å². The molecular formula is C23H24N2O3Si. The fourth-order valence-corrected chi connectivity index (χ4v) is 9.61. The monoisotopic (exact) mass is 404 g/mol. The first-order valence-electron chi connectivity index (χ1n) is 9.67. The Kier molecular flexibility index (Phi) is 4.86. The zero-order valence-electron chi connectivity index (χ0n) is 16.8. The predicted octanol–water partition coefficient (Wildman–Crippen LogP) is 4.40. The third-order valence-corrected chi connectivity index (χ3v) is 11.1. The Morgan fingerprint density at radius 3 is 1.76 bits per heavy atom. The van der Waals surface area contributed by atoms with E-state index in [-0.39, 0.29) is 21.9 Å². The molecular weight excluding hydrogens is 380 g/mol. The zero-order chi connectivity index (χ0) is 20.6. The minimum absolute atomic E-state index is 0.0643. The molecule has 1 saturated heterocycles. The van der Waals surface area contributed by atoms with Crippen molar-refractivity contribution in [2.75, 3.05) is 0 Å². The molecule has 0 amide bonds. The first kappa shape index (κ1) is 19.5. The van der Waals surface area contributed by atoms with Gasteiger partial charge >= 0.3 is 0 Å². The number of nitro benzene ring substituents is 1. The number of nitrogens with zero attached hydrogens (tertiary/aromatic N) is 2. The maximum Gasteiger partial charge on any atom is 0.269 e. The van der Waals surface area contributed by atoms with E-state index in [1.54, 1.807) is 24.3 Å². The summed E-state index contributed by atoms with van der Waals surface area (Å²) in [6, 6.07) is 27.8. The van der Waals surface area contributed by atoms with Crippen LogP contribution in [0, 0.1) is 10.1 Å². The zero-order valence-corrected chi connectivity index (χ0v) is 17.8. The van der Waals surface area contributed by atoms with E-state index in [0.717, 1.165) is 5.56 Å². The number of hydrogen-bond donors (Lipinski definition) is 0. The van der Waals surface area contributed by atoms with Crippen molar-refractivity contribution in [1.82, 2.24) is 4.73 Å². The highest BCUT2D eigenvalue weighted by Gasteiger charge is 2.62. The normalized spacial score (nSPS) is 19.0. The predicted molar refractivity (Wildman–Crippen MR) is 116 cm³/mol. The van der Waals surface area contributed by atoms with Gasteiger partial charge in [0.1, 0.15) is 0 Å². The molecule has 5 nitrogen and oxygen atoms in total. The molecule has 0 saturated carbocycles. The summed E-state index contributed by atoms with van der Waals surface area (Å²) in [7, 11) is -2.52. The van der Waals surface area contributed by atoms with Gasteiger partial charge in [-0.25, -0.2) is 0 Å². The number of non-ortho nitro benzene ring substituents is 1. The Bertz CT molecular complexity index is 962. The van der Waals surface area contributed by atoms with Crippen molar-refractivity contribution in [3.63, 3.8) is 0 Å². The highest BCUT2D eigenvalue weighted by Crippen LogP contribution is 2.50. The van der Waals surface area contributed by atoms with Crippen molar-refractivity contribution in [2.45, 2.75) is 32.0 Å². The number of rotatable bonds is 5. The number of hydrogen-bond acceptors (Lipinski definition) is 4. The first-order valence-corrected chi connectivity index (χ1v) is 11.6. The van der Waals surface area contributed by atoms with E-state index >= 15 is 0 Å². The Hall–Kier alpha value is -2.80. The average molecular weight is 405 g/mol. The van der Waals surface area contributed by atoms with Gasteiger partial charge in [-0.2, -0.15) is 4.73 Å². The van der Waals surface area contributed by atoms with Crippen molar-refractivity contribution in [3.8, 4) is 0 Å². The Morgan fingerprint density at radius 2 is 1.34 bits per heavy atom. The van der Waals surface area contributed by atoms with Gasteiger partial charge < -0.3 is 0 Å². The van der Waals surface area contributed by atoms with Crippen molar-refractivity contribution < 1.29 is 9.76 Å². The molecule has 1 heterocycles. The van der Waals surface area contributed by atoms with Crippen LogP contribution in [0.5, 0.6) is 0 Å². The third kappa shape index (κ3) is 3.29. The molecule has 0 radical (unpaired) electrons. The van der Waals surface area contributed by atoms with Gasteiger partial charge in [-0.15, -0.1) is 0 Å². The molecule has 0 spiro atoms. The van der Waals surface area contributed by atoms with E-state index in [4.69, 9.17) is 4.84 Å². The van der Waals surface area contributed by atoms with Gasteiger partial charge in [0.25, 0.3) is 5.69 Å². The lowest BCUT2D eigenvalue weighted by atomic mass is 10.2. The van der Waals surface area contributed by atoms with E-state index in [0.29, 0.717) is 0 Å². The fourth-order valence-electron chi connectivity index (χ4n) is 4.27. The number of hydroxylamine groups is 1. The topological polar surface area (TPSA) is 58.7 Å². The molecule has 4 rings (SSSR count). The average Bonchev–Trinajstić information content (AvgIpc) is 3.50. The van der Waals surface area contributed by atoms with Crippen LogP contribution in [0.1, 0.15) is 32.6 Å². The highest BCUT2D eigenvalue weighted by molar-refractivity contribution is 7.02. The Labute approximate surface area is 171 Å². The lowest BCUT2D eigenvalue weighted by Crippen LogP contribution is -2.70. The SMILES string of the molecule is CC(C)(C)[Si](c1ccccc1)(c1ccccc1)N1OC1c1ccc([N+](=O)[O-])cc1. The van der Waals surface area contributed by atoms with E-state index in [1.807, 2.05) is 12.1 Å². The van der Waals surface area contributed by atoms with Crippen LogP contribution in [0.15, 0.2) is 84.9 Å². The molecule has 6 heteroatoms. The molecule has 0 aliphatic carbocycles. The van der Waals surface area contributed by atoms with Crippen molar-refractivity contribution >= 4 is 24.3 Å². The standard InChI is InChI=1S/C23H24N2O3Si/c1-23(2,3)29(20-10-6-4-7-11-20,21-12-8-5-9-13-21)25-22(28-25)18-14-16-19(17-15-18)24(26)27/h4-17,22H,1-3H3. The minimum atomic E-state index is -2.52. The van der Waals surface area contributed by atoms with Gasteiger partial charge in [0.05, 0.1) is 4.92 Å². The molecule has 1 fully saturated rings. The van der Waals surface area contributed by atoms with E-state index < -0.39 is 8.24 Å². The molecule has 29 heavy (non-hydrogen) atoms. The fraction of sp³-hybridized carbons (Fsp3) is 0.217. The molecule has 3 aromatic carbocycles. The molecule has 2 unspecified atom stereocenters. The molecule has 2 atom stereocenters. The van der Waals surface area contributed by atoms with Crippen molar-refractivity contribution in [3.05, 3.63) is 101 Å². The summed E-state index contributed by atoms with van der Waals surface area (Å²) in [5.41, 5.74) is 1.02. The van der Waals surface area contributed by atoms with E-state index in [1.165, 1.54) is 10.4 Å². The van der Waals surface area contributed by atoms with Gasteiger partial charge in [-0.1, -0.05) is 81.4 Å². The molecule has 3 aromatic rings. The van der Waals surface area contributed by atoms with Crippen LogP contribution in [0.3, 0.4) is 0 Å². The number of nitro groups is 1. The summed E-state index contributed by atoms with van der Waals surface area (Å²) in [5, 5.41) is 13.5. The largest absolute Gasteiger partial charge is 0.277 e. The summed E-state index contributed by atoms with van der Waals surface area (Å²) in [4.78, 5) is 16.8. The summed E-state index contributed by atoms with van der Waals surface area (Å²) in [5.74, 6) is 0. The van der Waals surface area contributed by atoms with E-state index in [2.05, 4.69) is 74.0 Å². The van der Waals surface area contributed by atoms with Crippen LogP contribution in [0.2, 0.25) is 5.04 Å². The lowest BCUT2D eigenvalue weighted by molar-refractivity contribution is -0.384. The second-order valence-corrected chi connectivity index (χ2v) is 12.8.